The minimum atomic E-state index is 0.0702. The normalized spacial score (nSPS) is 14.1. The lowest BCUT2D eigenvalue weighted by atomic mass is 10.0. The Morgan fingerprint density at radius 2 is 2.00 bits per heavy atom. The lowest BCUT2D eigenvalue weighted by Gasteiger charge is -2.12. The van der Waals surface area contributed by atoms with Gasteiger partial charge in [0.2, 0.25) is 0 Å². The molecule has 2 aromatic rings. The maximum Gasteiger partial charge on any atom is 0.250 e. The molecular formula is C18H22N2O. The first-order chi connectivity index (χ1) is 10.3. The van der Waals surface area contributed by atoms with E-state index in [1.54, 1.807) is 10.6 Å². The summed E-state index contributed by atoms with van der Waals surface area (Å²) < 4.78 is 1.77. The summed E-state index contributed by atoms with van der Waals surface area (Å²) in [5, 5.41) is 3.45. The average Bonchev–Trinajstić information content (AvgIpc) is 3.33. The van der Waals surface area contributed by atoms with Gasteiger partial charge < -0.3 is 9.88 Å². The van der Waals surface area contributed by atoms with E-state index in [1.807, 2.05) is 12.3 Å². The third-order valence-corrected chi connectivity index (χ3v) is 4.00. The highest BCUT2D eigenvalue weighted by Crippen LogP contribution is 2.41. The van der Waals surface area contributed by atoms with Crippen molar-refractivity contribution in [3.63, 3.8) is 0 Å². The summed E-state index contributed by atoms with van der Waals surface area (Å²) in [4.78, 5) is 11.7. The van der Waals surface area contributed by atoms with E-state index in [0.717, 1.165) is 31.1 Å². The number of nitrogens with zero attached hydrogens (tertiary/aromatic N) is 1. The average molecular weight is 282 g/mol. The van der Waals surface area contributed by atoms with Crippen LogP contribution >= 0.6 is 0 Å². The first-order valence-electron chi connectivity index (χ1n) is 7.80. The molecule has 3 nitrogen and oxygen atoms in total. The molecule has 1 aromatic heterocycles. The molecule has 1 N–H and O–H groups in total. The van der Waals surface area contributed by atoms with Crippen molar-refractivity contribution in [3.8, 4) is 0 Å². The summed E-state index contributed by atoms with van der Waals surface area (Å²) in [6.45, 7) is 3.67. The summed E-state index contributed by atoms with van der Waals surface area (Å²) in [6.07, 6.45) is 5.52. The summed E-state index contributed by atoms with van der Waals surface area (Å²) in [6, 6.07) is 12.2. The van der Waals surface area contributed by atoms with E-state index >= 15 is 0 Å². The number of rotatable bonds is 6. The van der Waals surface area contributed by atoms with Gasteiger partial charge >= 0.3 is 0 Å². The van der Waals surface area contributed by atoms with Crippen molar-refractivity contribution in [1.82, 2.24) is 4.57 Å². The molecule has 3 heteroatoms. The molecule has 1 heterocycles. The highest BCUT2D eigenvalue weighted by atomic mass is 16.1. The molecule has 0 aliphatic heterocycles. The largest absolute Gasteiger partial charge is 0.380 e. The van der Waals surface area contributed by atoms with E-state index in [-0.39, 0.29) is 5.56 Å². The van der Waals surface area contributed by atoms with E-state index in [2.05, 4.69) is 36.5 Å². The molecule has 0 atom stereocenters. The van der Waals surface area contributed by atoms with Crippen LogP contribution in [0.3, 0.4) is 0 Å². The van der Waals surface area contributed by atoms with Crippen molar-refractivity contribution in [1.29, 1.82) is 0 Å². The van der Waals surface area contributed by atoms with E-state index in [0.29, 0.717) is 0 Å². The fourth-order valence-electron chi connectivity index (χ4n) is 2.74. The Morgan fingerprint density at radius 1 is 1.19 bits per heavy atom. The quantitative estimate of drug-likeness (QED) is 0.875. The van der Waals surface area contributed by atoms with Gasteiger partial charge in [0.1, 0.15) is 0 Å². The minimum absolute atomic E-state index is 0.0702. The van der Waals surface area contributed by atoms with Crippen molar-refractivity contribution in [2.24, 2.45) is 0 Å². The Hall–Kier alpha value is -2.03. The van der Waals surface area contributed by atoms with Crippen LogP contribution in [0.25, 0.3) is 0 Å². The number of nitrogens with one attached hydrogen (secondary N) is 1. The van der Waals surface area contributed by atoms with Crippen molar-refractivity contribution in [2.45, 2.75) is 45.2 Å². The molecule has 0 bridgehead atoms. The van der Waals surface area contributed by atoms with Crippen LogP contribution < -0.4 is 10.9 Å². The van der Waals surface area contributed by atoms with Gasteiger partial charge in [-0.25, -0.2) is 0 Å². The van der Waals surface area contributed by atoms with Gasteiger partial charge in [0.15, 0.2) is 0 Å². The van der Waals surface area contributed by atoms with Crippen LogP contribution in [0.4, 0.5) is 5.69 Å². The zero-order valence-electron chi connectivity index (χ0n) is 12.5. The van der Waals surface area contributed by atoms with Crippen LogP contribution in [0.2, 0.25) is 0 Å². The number of aryl methyl sites for hydroxylation is 1. The Labute approximate surface area is 125 Å². The van der Waals surface area contributed by atoms with Gasteiger partial charge in [0.05, 0.1) is 5.69 Å². The number of aromatic nitrogens is 1. The molecule has 110 valence electrons. The van der Waals surface area contributed by atoms with Crippen LogP contribution in [0.1, 0.15) is 43.2 Å². The molecule has 1 saturated carbocycles. The van der Waals surface area contributed by atoms with Gasteiger partial charge in [0.25, 0.3) is 5.56 Å². The second-order valence-corrected chi connectivity index (χ2v) is 5.78. The van der Waals surface area contributed by atoms with E-state index in [1.165, 1.54) is 24.0 Å². The lowest BCUT2D eigenvalue weighted by Crippen LogP contribution is -2.18. The van der Waals surface area contributed by atoms with Crippen LogP contribution in [0, 0.1) is 0 Å². The van der Waals surface area contributed by atoms with Gasteiger partial charge in [-0.2, -0.15) is 0 Å². The molecule has 1 aliphatic rings. The molecule has 0 radical (unpaired) electrons. The highest BCUT2D eigenvalue weighted by Gasteiger charge is 2.25. The minimum Gasteiger partial charge on any atom is -0.380 e. The maximum atomic E-state index is 11.7. The first-order valence-corrected chi connectivity index (χ1v) is 7.80. The number of hydrogen-bond acceptors (Lipinski definition) is 2. The zero-order valence-corrected chi connectivity index (χ0v) is 12.5. The van der Waals surface area contributed by atoms with Crippen LogP contribution in [-0.4, -0.2) is 4.57 Å². The maximum absolute atomic E-state index is 11.7. The van der Waals surface area contributed by atoms with Gasteiger partial charge in [-0.1, -0.05) is 31.2 Å². The molecule has 3 rings (SSSR count). The van der Waals surface area contributed by atoms with Gasteiger partial charge in [0, 0.05) is 25.4 Å². The molecule has 1 aromatic carbocycles. The highest BCUT2D eigenvalue weighted by molar-refractivity contribution is 5.43. The third kappa shape index (κ3) is 3.35. The van der Waals surface area contributed by atoms with Crippen LogP contribution in [-0.2, 0) is 13.1 Å². The second kappa shape index (κ2) is 6.17. The SMILES string of the molecule is CCCn1cc(NCc2ccccc2C2CC2)ccc1=O. The molecule has 0 amide bonds. The predicted molar refractivity (Wildman–Crippen MR) is 86.7 cm³/mol. The van der Waals surface area contributed by atoms with Crippen molar-refractivity contribution >= 4 is 5.69 Å². The first kappa shape index (κ1) is 13.9. The number of benzene rings is 1. The summed E-state index contributed by atoms with van der Waals surface area (Å²) in [5.41, 5.74) is 3.93. The van der Waals surface area contributed by atoms with Crippen LogP contribution in [0.15, 0.2) is 47.4 Å². The summed E-state index contributed by atoms with van der Waals surface area (Å²) in [7, 11) is 0. The Balaban J connectivity index is 1.73. The van der Waals surface area contributed by atoms with Gasteiger partial charge in [-0.05, 0) is 42.4 Å². The molecule has 1 fully saturated rings. The Bertz CT molecular complexity index is 671. The monoisotopic (exact) mass is 282 g/mol. The van der Waals surface area contributed by atoms with Gasteiger partial charge in [-0.3, -0.25) is 4.79 Å². The molecule has 21 heavy (non-hydrogen) atoms. The molecule has 0 spiro atoms. The zero-order chi connectivity index (χ0) is 14.7. The summed E-state index contributed by atoms with van der Waals surface area (Å²) >= 11 is 0. The fourth-order valence-corrected chi connectivity index (χ4v) is 2.74. The lowest BCUT2D eigenvalue weighted by molar-refractivity contribution is 0.655. The van der Waals surface area contributed by atoms with E-state index < -0.39 is 0 Å². The predicted octanol–water partition coefficient (Wildman–Crippen LogP) is 3.75. The van der Waals surface area contributed by atoms with Crippen LogP contribution in [0.5, 0.6) is 0 Å². The Kier molecular flexibility index (Phi) is 4.09. The van der Waals surface area contributed by atoms with Crippen molar-refractivity contribution < 1.29 is 0 Å². The topological polar surface area (TPSA) is 34.0 Å². The number of anilines is 1. The smallest absolute Gasteiger partial charge is 0.250 e. The molecule has 1 aliphatic carbocycles. The number of pyridine rings is 1. The molecule has 0 saturated heterocycles. The van der Waals surface area contributed by atoms with Crippen molar-refractivity contribution in [3.05, 3.63) is 64.1 Å². The van der Waals surface area contributed by atoms with Gasteiger partial charge in [-0.15, -0.1) is 0 Å². The third-order valence-electron chi connectivity index (χ3n) is 4.00. The number of hydrogen-bond donors (Lipinski definition) is 1. The fraction of sp³-hybridized carbons (Fsp3) is 0.389. The van der Waals surface area contributed by atoms with E-state index in [9.17, 15) is 4.79 Å². The molecular weight excluding hydrogens is 260 g/mol. The standard InChI is InChI=1S/C18H22N2O/c1-2-11-20-13-16(9-10-18(20)21)19-12-15-5-3-4-6-17(15)14-7-8-14/h3-6,9-10,13-14,19H,2,7-8,11-12H2,1H3. The molecule has 0 unspecified atom stereocenters. The summed E-state index contributed by atoms with van der Waals surface area (Å²) in [5.74, 6) is 0.761. The second-order valence-electron chi connectivity index (χ2n) is 5.78. The van der Waals surface area contributed by atoms with Crippen molar-refractivity contribution in [2.75, 3.05) is 5.32 Å². The van der Waals surface area contributed by atoms with E-state index in [4.69, 9.17) is 0 Å². The Morgan fingerprint density at radius 3 is 2.76 bits per heavy atom.